The molecule has 0 atom stereocenters. The minimum Gasteiger partial charge on any atom is -0.452 e. The monoisotopic (exact) mass is 339 g/mol. The Morgan fingerprint density at radius 3 is 2.26 bits per heavy atom. The van der Waals surface area contributed by atoms with Gasteiger partial charge in [-0.15, -0.1) is 0 Å². The lowest BCUT2D eigenvalue weighted by Crippen LogP contribution is -2.38. The van der Waals surface area contributed by atoms with Crippen LogP contribution in [0.25, 0.3) is 0 Å². The van der Waals surface area contributed by atoms with Crippen molar-refractivity contribution in [2.75, 3.05) is 26.0 Å². The van der Waals surface area contributed by atoms with Crippen LogP contribution in [-0.2, 0) is 25.1 Å². The number of sulfone groups is 1. The van der Waals surface area contributed by atoms with Crippen LogP contribution in [-0.4, -0.2) is 51.1 Å². The number of amides is 1. The number of carbonyl (C=O) groups excluding carboxylic acids is 2. The molecule has 1 fully saturated rings. The van der Waals surface area contributed by atoms with Gasteiger partial charge >= 0.3 is 5.97 Å². The normalized spacial score (nSPS) is 15.3. The quantitative estimate of drug-likeness (QED) is 0.758. The lowest BCUT2D eigenvalue weighted by atomic mass is 10.1. The summed E-state index contributed by atoms with van der Waals surface area (Å²) in [5.74, 6) is -0.830. The van der Waals surface area contributed by atoms with Crippen LogP contribution in [0.2, 0.25) is 0 Å². The molecule has 1 heterocycles. The van der Waals surface area contributed by atoms with E-state index in [2.05, 4.69) is 0 Å². The molecule has 1 aromatic rings. The van der Waals surface area contributed by atoms with Gasteiger partial charge in [-0.3, -0.25) is 4.79 Å². The Morgan fingerprint density at radius 2 is 1.70 bits per heavy atom. The average Bonchev–Trinajstić information content (AvgIpc) is 2.52. The van der Waals surface area contributed by atoms with Gasteiger partial charge in [0.2, 0.25) is 0 Å². The number of hydrogen-bond donors (Lipinski definition) is 0. The number of esters is 1. The first kappa shape index (κ1) is 17.5. The average molecular weight is 339 g/mol. The van der Waals surface area contributed by atoms with Crippen LogP contribution in [0.5, 0.6) is 0 Å². The van der Waals surface area contributed by atoms with Gasteiger partial charge in [0.05, 0.1) is 11.3 Å². The van der Waals surface area contributed by atoms with E-state index >= 15 is 0 Å². The molecule has 0 radical (unpaired) electrons. The first-order valence-electron chi connectivity index (χ1n) is 7.57. The standard InChI is InChI=1S/C16H21NO5S/c1-23(20,21)12-13-5-7-14(8-6-13)16(19)22-11-15(18)17-9-3-2-4-10-17/h5-8H,2-4,9-12H2,1H3. The van der Waals surface area contributed by atoms with Gasteiger partial charge < -0.3 is 9.64 Å². The molecule has 0 unspecified atom stereocenters. The molecular formula is C16H21NO5S. The third kappa shape index (κ3) is 5.67. The lowest BCUT2D eigenvalue weighted by molar-refractivity contribution is -0.135. The van der Waals surface area contributed by atoms with Crippen molar-refractivity contribution in [3.05, 3.63) is 35.4 Å². The van der Waals surface area contributed by atoms with Crippen LogP contribution in [0.4, 0.5) is 0 Å². The van der Waals surface area contributed by atoms with Crippen molar-refractivity contribution in [2.45, 2.75) is 25.0 Å². The molecule has 0 aliphatic carbocycles. The summed E-state index contributed by atoms with van der Waals surface area (Å²) in [6.07, 6.45) is 4.26. The second-order valence-corrected chi connectivity index (χ2v) is 7.92. The summed E-state index contributed by atoms with van der Waals surface area (Å²) in [4.78, 5) is 25.6. The molecule has 1 aliphatic heterocycles. The Labute approximate surface area is 136 Å². The van der Waals surface area contributed by atoms with Crippen molar-refractivity contribution in [1.82, 2.24) is 4.90 Å². The number of benzene rings is 1. The summed E-state index contributed by atoms with van der Waals surface area (Å²) in [6, 6.07) is 6.16. The molecule has 23 heavy (non-hydrogen) atoms. The second kappa shape index (κ2) is 7.59. The van der Waals surface area contributed by atoms with Crippen molar-refractivity contribution in [3.63, 3.8) is 0 Å². The Bertz CT molecular complexity index is 660. The van der Waals surface area contributed by atoms with Crippen LogP contribution in [0, 0.1) is 0 Å². The molecule has 2 rings (SSSR count). The summed E-state index contributed by atoms with van der Waals surface area (Å²) in [7, 11) is -3.11. The highest BCUT2D eigenvalue weighted by Crippen LogP contribution is 2.11. The van der Waals surface area contributed by atoms with E-state index in [0.29, 0.717) is 11.1 Å². The molecule has 0 N–H and O–H groups in total. The van der Waals surface area contributed by atoms with Gasteiger partial charge in [-0.2, -0.15) is 0 Å². The number of rotatable bonds is 5. The fourth-order valence-electron chi connectivity index (χ4n) is 2.49. The highest BCUT2D eigenvalue weighted by molar-refractivity contribution is 7.89. The summed E-state index contributed by atoms with van der Waals surface area (Å²) in [5.41, 5.74) is 0.905. The summed E-state index contributed by atoms with van der Waals surface area (Å²) >= 11 is 0. The molecule has 7 heteroatoms. The maximum absolute atomic E-state index is 11.9. The van der Waals surface area contributed by atoms with Gasteiger partial charge in [-0.1, -0.05) is 12.1 Å². The molecule has 0 saturated carbocycles. The Kier molecular flexibility index (Phi) is 5.76. The lowest BCUT2D eigenvalue weighted by Gasteiger charge is -2.26. The molecule has 0 spiro atoms. The van der Waals surface area contributed by atoms with E-state index in [1.807, 2.05) is 0 Å². The van der Waals surface area contributed by atoms with Crippen LogP contribution in [0.15, 0.2) is 24.3 Å². The van der Waals surface area contributed by atoms with E-state index in [-0.39, 0.29) is 18.3 Å². The predicted molar refractivity (Wildman–Crippen MR) is 85.7 cm³/mol. The van der Waals surface area contributed by atoms with Gasteiger partial charge in [0.1, 0.15) is 0 Å². The molecule has 0 bridgehead atoms. The fourth-order valence-corrected chi connectivity index (χ4v) is 3.28. The maximum atomic E-state index is 11.9. The Hall–Kier alpha value is -1.89. The highest BCUT2D eigenvalue weighted by Gasteiger charge is 2.18. The van der Waals surface area contributed by atoms with Crippen molar-refractivity contribution in [1.29, 1.82) is 0 Å². The summed E-state index contributed by atoms with van der Waals surface area (Å²) in [5, 5.41) is 0. The number of hydrogen-bond acceptors (Lipinski definition) is 5. The molecule has 1 aliphatic rings. The summed E-state index contributed by atoms with van der Waals surface area (Å²) < 4.78 is 27.5. The smallest absolute Gasteiger partial charge is 0.338 e. The van der Waals surface area contributed by atoms with E-state index in [0.717, 1.165) is 38.6 Å². The molecule has 1 saturated heterocycles. The van der Waals surface area contributed by atoms with E-state index in [1.54, 1.807) is 17.0 Å². The minimum atomic E-state index is -3.11. The Morgan fingerprint density at radius 1 is 1.09 bits per heavy atom. The van der Waals surface area contributed by atoms with Crippen LogP contribution in [0.1, 0.15) is 35.2 Å². The minimum absolute atomic E-state index is 0.0736. The first-order chi connectivity index (χ1) is 10.8. The largest absolute Gasteiger partial charge is 0.452 e. The van der Waals surface area contributed by atoms with E-state index in [9.17, 15) is 18.0 Å². The number of carbonyl (C=O) groups is 2. The molecule has 1 aromatic carbocycles. The molecule has 1 amide bonds. The number of piperidine rings is 1. The molecule has 126 valence electrons. The zero-order valence-corrected chi connectivity index (χ0v) is 14.0. The third-order valence-corrected chi connectivity index (χ3v) is 4.51. The number of nitrogens with zero attached hydrogens (tertiary/aromatic N) is 1. The third-order valence-electron chi connectivity index (χ3n) is 3.65. The number of ether oxygens (including phenoxy) is 1. The van der Waals surface area contributed by atoms with Gasteiger partial charge in [-0.25, -0.2) is 13.2 Å². The van der Waals surface area contributed by atoms with E-state index in [4.69, 9.17) is 4.74 Å². The molecule has 0 aromatic heterocycles. The van der Waals surface area contributed by atoms with E-state index < -0.39 is 15.8 Å². The predicted octanol–water partition coefficient (Wildman–Crippen LogP) is 1.40. The number of likely N-dealkylation sites (tertiary alicyclic amines) is 1. The van der Waals surface area contributed by atoms with Gasteiger partial charge in [0.25, 0.3) is 5.91 Å². The zero-order valence-electron chi connectivity index (χ0n) is 13.2. The van der Waals surface area contributed by atoms with Crippen molar-refractivity contribution >= 4 is 21.7 Å². The molecule has 6 nitrogen and oxygen atoms in total. The summed E-state index contributed by atoms with van der Waals surface area (Å²) in [6.45, 7) is 1.18. The van der Waals surface area contributed by atoms with Crippen LogP contribution in [0.3, 0.4) is 0 Å². The SMILES string of the molecule is CS(=O)(=O)Cc1ccc(C(=O)OCC(=O)N2CCCCC2)cc1. The van der Waals surface area contributed by atoms with Gasteiger partial charge in [-0.05, 0) is 37.0 Å². The Balaban J connectivity index is 1.86. The topological polar surface area (TPSA) is 80.7 Å². The highest BCUT2D eigenvalue weighted by atomic mass is 32.2. The van der Waals surface area contributed by atoms with Crippen molar-refractivity contribution in [2.24, 2.45) is 0 Å². The van der Waals surface area contributed by atoms with Gasteiger partial charge in [0, 0.05) is 19.3 Å². The second-order valence-electron chi connectivity index (χ2n) is 5.78. The zero-order chi connectivity index (χ0) is 16.9. The van der Waals surface area contributed by atoms with Crippen molar-refractivity contribution in [3.8, 4) is 0 Å². The van der Waals surface area contributed by atoms with Crippen LogP contribution < -0.4 is 0 Å². The first-order valence-corrected chi connectivity index (χ1v) is 9.63. The van der Waals surface area contributed by atoms with E-state index in [1.165, 1.54) is 12.1 Å². The maximum Gasteiger partial charge on any atom is 0.338 e. The fraction of sp³-hybridized carbons (Fsp3) is 0.500. The molecular weight excluding hydrogens is 318 g/mol. The van der Waals surface area contributed by atoms with Gasteiger partial charge in [0.15, 0.2) is 16.4 Å². The van der Waals surface area contributed by atoms with Crippen LogP contribution >= 0.6 is 0 Å². The van der Waals surface area contributed by atoms with Crippen molar-refractivity contribution < 1.29 is 22.7 Å².